The summed E-state index contributed by atoms with van der Waals surface area (Å²) < 4.78 is 80.8. The molecule has 0 radical (unpaired) electrons. The van der Waals surface area contributed by atoms with Gasteiger partial charge in [-0.25, -0.2) is 13.2 Å². The summed E-state index contributed by atoms with van der Waals surface area (Å²) in [4.78, 5) is 60.3. The van der Waals surface area contributed by atoms with E-state index in [-0.39, 0.29) is 42.5 Å². The number of halogens is 3. The summed E-state index contributed by atoms with van der Waals surface area (Å²) in [6, 6.07) is 2.61. The Bertz CT molecular complexity index is 1910. The van der Waals surface area contributed by atoms with Gasteiger partial charge in [-0.1, -0.05) is 31.1 Å². The molecule has 5 atom stereocenters. The van der Waals surface area contributed by atoms with E-state index in [4.69, 9.17) is 9.47 Å². The largest absolute Gasteiger partial charge is 0.488 e. The number of allylic oxidation sites excluding steroid dienone is 1. The Morgan fingerprint density at radius 3 is 2.51 bits per heavy atom. The molecular formula is C36H44F3N5O8S. The van der Waals surface area contributed by atoms with Crippen molar-refractivity contribution in [1.29, 1.82) is 0 Å². The van der Waals surface area contributed by atoms with Gasteiger partial charge in [0.25, 0.3) is 5.91 Å². The summed E-state index contributed by atoms with van der Waals surface area (Å²) in [7, 11) is -3.95. The smallest absolute Gasteiger partial charge is 0.418 e. The maximum Gasteiger partial charge on any atom is 0.418 e. The molecule has 13 nitrogen and oxygen atoms in total. The predicted octanol–water partition coefficient (Wildman–Crippen LogP) is 4.50. The number of hydrogen-bond donors (Lipinski definition) is 3. The molecule has 1 aromatic carbocycles. The second kappa shape index (κ2) is 14.4. The van der Waals surface area contributed by atoms with Gasteiger partial charge in [-0.15, -0.1) is 0 Å². The van der Waals surface area contributed by atoms with Gasteiger partial charge in [0.05, 0.1) is 22.9 Å². The summed E-state index contributed by atoms with van der Waals surface area (Å²) in [6.45, 7) is 4.84. The average molecular weight is 764 g/mol. The van der Waals surface area contributed by atoms with Crippen LogP contribution in [0.2, 0.25) is 0 Å². The Balaban J connectivity index is 1.32. The van der Waals surface area contributed by atoms with E-state index in [0.29, 0.717) is 32.1 Å². The third-order valence-corrected chi connectivity index (χ3v) is 11.7. The Morgan fingerprint density at radius 2 is 1.81 bits per heavy atom. The fourth-order valence-corrected chi connectivity index (χ4v) is 8.32. The van der Waals surface area contributed by atoms with Crippen LogP contribution >= 0.6 is 0 Å². The molecule has 17 heteroatoms. The van der Waals surface area contributed by atoms with Gasteiger partial charge in [-0.05, 0) is 77.5 Å². The van der Waals surface area contributed by atoms with Crippen LogP contribution in [0.1, 0.15) is 84.1 Å². The molecule has 3 fully saturated rings. The highest BCUT2D eigenvalue weighted by molar-refractivity contribution is 7.91. The highest BCUT2D eigenvalue weighted by Crippen LogP contribution is 2.46. The molecule has 6 rings (SSSR count). The lowest BCUT2D eigenvalue weighted by Gasteiger charge is -2.30. The number of carbonyl (C=O) groups excluding carboxylic acids is 4. The number of alkyl carbamates (subject to hydrolysis) is 1. The summed E-state index contributed by atoms with van der Waals surface area (Å²) in [6.07, 6.45) is 2.13. The van der Waals surface area contributed by atoms with Crippen molar-refractivity contribution in [3.8, 4) is 5.75 Å². The third-order valence-electron chi connectivity index (χ3n) is 9.86. The number of ether oxygens (including phenoxy) is 2. The van der Waals surface area contributed by atoms with Gasteiger partial charge >= 0.3 is 12.3 Å². The van der Waals surface area contributed by atoms with E-state index < -0.39 is 86.1 Å². The van der Waals surface area contributed by atoms with Crippen molar-refractivity contribution in [2.75, 3.05) is 6.54 Å². The number of nitrogens with zero attached hydrogens (tertiary/aromatic N) is 2. The van der Waals surface area contributed by atoms with Gasteiger partial charge in [0.15, 0.2) is 0 Å². The lowest BCUT2D eigenvalue weighted by atomic mass is 10.0. The van der Waals surface area contributed by atoms with Crippen molar-refractivity contribution in [2.45, 2.75) is 119 Å². The number of aromatic nitrogens is 1. The summed E-state index contributed by atoms with van der Waals surface area (Å²) in [5, 5.41) is 4.82. The van der Waals surface area contributed by atoms with Crippen molar-refractivity contribution < 1.29 is 50.2 Å². The van der Waals surface area contributed by atoms with Crippen molar-refractivity contribution in [3.05, 3.63) is 48.2 Å². The minimum absolute atomic E-state index is 0.0543. The normalized spacial score (nSPS) is 27.7. The number of sulfonamides is 1. The summed E-state index contributed by atoms with van der Waals surface area (Å²) >= 11 is 0. The average Bonchev–Trinajstić information content (AvgIpc) is 3.99. The topological polar surface area (TPSA) is 173 Å². The zero-order chi connectivity index (χ0) is 38.3. The zero-order valence-electron chi connectivity index (χ0n) is 29.7. The number of alkyl halides is 3. The van der Waals surface area contributed by atoms with E-state index in [1.165, 1.54) is 29.3 Å². The minimum atomic E-state index is -4.68. The molecule has 0 spiro atoms. The van der Waals surface area contributed by atoms with Crippen LogP contribution in [-0.2, 0) is 35.3 Å². The number of hydrogen-bond acceptors (Lipinski definition) is 9. The molecule has 3 N–H and O–H groups in total. The van der Waals surface area contributed by atoms with Gasteiger partial charge in [0.2, 0.25) is 21.8 Å². The fraction of sp³-hybridized carbons (Fsp3) is 0.583. The molecule has 4 aliphatic rings. The lowest BCUT2D eigenvalue weighted by Crippen LogP contribution is -2.58. The maximum atomic E-state index is 14.4. The first-order chi connectivity index (χ1) is 24.9. The van der Waals surface area contributed by atoms with Crippen LogP contribution < -0.4 is 20.1 Å². The second-order valence-corrected chi connectivity index (χ2v) is 17.2. The third kappa shape index (κ3) is 8.71. The van der Waals surface area contributed by atoms with Crippen molar-refractivity contribution >= 4 is 44.7 Å². The van der Waals surface area contributed by atoms with Gasteiger partial charge in [-0.2, -0.15) is 13.2 Å². The van der Waals surface area contributed by atoms with Crippen LogP contribution in [0.3, 0.4) is 0 Å². The summed E-state index contributed by atoms with van der Waals surface area (Å²) in [5.41, 5.74) is -3.74. The Hall–Kier alpha value is -4.41. The van der Waals surface area contributed by atoms with E-state index in [9.17, 15) is 40.8 Å². The predicted molar refractivity (Wildman–Crippen MR) is 186 cm³/mol. The van der Waals surface area contributed by atoms with Gasteiger partial charge in [-0.3, -0.25) is 24.1 Å². The second-order valence-electron chi connectivity index (χ2n) is 15.2. The first-order valence-electron chi connectivity index (χ1n) is 17.8. The number of fused-ring (bicyclic) bond motifs is 3. The molecule has 0 unspecified atom stereocenters. The van der Waals surface area contributed by atoms with Gasteiger partial charge in [0.1, 0.15) is 35.1 Å². The van der Waals surface area contributed by atoms with Crippen LogP contribution in [0, 0.1) is 5.92 Å². The standard InChI is InChI=1S/C36H44F3N5O8S/c1-34(2,3)52-33(48)41-26-13-8-6-4-5-7-10-21-19-35(21,32(47)43-53(49,50)23-14-15-23)42-30(45)27-18-22(20-44(27)31(26)46)51-28-16-17-40-29-24(28)11-9-12-25(29)36(37,38)39/h7,9-12,16-17,21-23,26-27H,4-6,8,13-15,18-20H2,1-3H3,(H,41,48)(H,42,45)(H,43,47)/b10-7-/t21-,22-,26+,27+,35-/m1/s1. The first kappa shape index (κ1) is 38.3. The molecule has 2 aliphatic heterocycles. The summed E-state index contributed by atoms with van der Waals surface area (Å²) in [5.74, 6) is -2.68. The molecule has 53 heavy (non-hydrogen) atoms. The van der Waals surface area contributed by atoms with Gasteiger partial charge < -0.3 is 25.0 Å². The van der Waals surface area contributed by atoms with E-state index in [1.54, 1.807) is 26.8 Å². The van der Waals surface area contributed by atoms with Crippen molar-refractivity contribution in [1.82, 2.24) is 25.2 Å². The minimum Gasteiger partial charge on any atom is -0.488 e. The molecule has 2 aliphatic carbocycles. The van der Waals surface area contributed by atoms with Crippen LogP contribution in [0.5, 0.6) is 5.75 Å². The quantitative estimate of drug-likeness (QED) is 0.358. The fourth-order valence-electron chi connectivity index (χ4n) is 6.96. The highest BCUT2D eigenvalue weighted by atomic mass is 32.2. The number of para-hydroxylation sites is 1. The number of amides is 4. The number of benzene rings is 1. The van der Waals surface area contributed by atoms with Crippen molar-refractivity contribution in [2.24, 2.45) is 5.92 Å². The molecule has 288 valence electrons. The van der Waals surface area contributed by atoms with Crippen LogP contribution in [0.4, 0.5) is 18.0 Å². The van der Waals surface area contributed by atoms with Crippen LogP contribution in [-0.4, -0.2) is 83.2 Å². The SMILES string of the molecule is CC(C)(C)OC(=O)N[C@H]1CCCCC/C=C\[C@@H]2C[C@@]2(C(=O)NS(=O)(=O)C2CC2)NC(=O)[C@@H]2C[C@@H](Oc3ccnc4c(C(F)(F)F)cccc34)CN2C1=O. The molecule has 3 heterocycles. The maximum absolute atomic E-state index is 14.4. The zero-order valence-corrected chi connectivity index (χ0v) is 30.5. The molecule has 2 aromatic rings. The Kier molecular flexibility index (Phi) is 10.4. The van der Waals surface area contributed by atoms with Gasteiger partial charge in [0, 0.05) is 23.9 Å². The number of nitrogens with one attached hydrogen (secondary N) is 3. The van der Waals surface area contributed by atoms with E-state index in [1.807, 2.05) is 6.08 Å². The van der Waals surface area contributed by atoms with E-state index in [2.05, 4.69) is 20.3 Å². The molecule has 1 aromatic heterocycles. The number of pyridine rings is 1. The molecule has 0 bridgehead atoms. The van der Waals surface area contributed by atoms with E-state index >= 15 is 0 Å². The van der Waals surface area contributed by atoms with Crippen LogP contribution in [0.15, 0.2) is 42.6 Å². The molecule has 2 saturated carbocycles. The van der Waals surface area contributed by atoms with Crippen molar-refractivity contribution in [3.63, 3.8) is 0 Å². The molecule has 1 saturated heterocycles. The first-order valence-corrected chi connectivity index (χ1v) is 19.4. The Labute approximate surface area is 305 Å². The van der Waals surface area contributed by atoms with Crippen LogP contribution in [0.25, 0.3) is 10.9 Å². The number of carbonyl (C=O) groups is 4. The highest BCUT2D eigenvalue weighted by Gasteiger charge is 2.62. The van der Waals surface area contributed by atoms with E-state index in [0.717, 1.165) is 12.5 Å². The number of rotatable bonds is 6. The Morgan fingerprint density at radius 1 is 1.06 bits per heavy atom. The molecular weight excluding hydrogens is 719 g/mol. The molecule has 4 amide bonds. The monoisotopic (exact) mass is 763 g/mol. The lowest BCUT2D eigenvalue weighted by molar-refractivity contribution is -0.141.